The molecule has 0 bridgehead atoms. The Hall–Kier alpha value is -2.74. The first-order chi connectivity index (χ1) is 13.4. The molecule has 0 amide bonds. The molecule has 0 spiro atoms. The summed E-state index contributed by atoms with van der Waals surface area (Å²) in [6.45, 7) is 7.13. The number of allylic oxidation sites excluding steroid dienone is 1. The topological polar surface area (TPSA) is 36.0 Å². The molecule has 144 valence electrons. The second kappa shape index (κ2) is 7.35. The van der Waals surface area contributed by atoms with Gasteiger partial charge in [-0.1, -0.05) is 62.7 Å². The summed E-state index contributed by atoms with van der Waals surface area (Å²) in [5, 5.41) is 9.77. The fraction of sp³-hybridized carbons (Fsp3) is 0.308. The predicted octanol–water partition coefficient (Wildman–Crippen LogP) is 7.04. The van der Waals surface area contributed by atoms with Crippen molar-refractivity contribution in [1.82, 2.24) is 4.98 Å². The van der Waals surface area contributed by atoms with Gasteiger partial charge in [-0.15, -0.1) is 0 Å². The first kappa shape index (κ1) is 18.6. The molecule has 3 aromatic rings. The molecule has 1 aliphatic carbocycles. The molecule has 1 saturated carbocycles. The maximum atomic E-state index is 9.77. The van der Waals surface area contributed by atoms with Crippen molar-refractivity contribution < 1.29 is 5.11 Å². The summed E-state index contributed by atoms with van der Waals surface area (Å²) in [6, 6.07) is 20.7. The number of phenolic OH excluding ortho intramolecular Hbond substituents is 1. The van der Waals surface area contributed by atoms with Crippen molar-refractivity contribution in [3.05, 3.63) is 83.6 Å². The number of rotatable bonds is 3. The van der Waals surface area contributed by atoms with Crippen molar-refractivity contribution in [2.75, 3.05) is 0 Å². The SMILES string of the molecule is CC1C/C(=C(/c2ccc(O)cc2)c2ccc(-c3ccc[nH]3)cc2)CC(C)(C)C1. The number of hydrogen-bond donors (Lipinski definition) is 2. The molecule has 1 heterocycles. The fourth-order valence-corrected chi connectivity index (χ4v) is 4.88. The van der Waals surface area contributed by atoms with Crippen LogP contribution in [0.4, 0.5) is 0 Å². The third-order valence-corrected chi connectivity index (χ3v) is 5.78. The average molecular weight is 372 g/mol. The second-order valence-corrected chi connectivity index (χ2v) is 9.04. The van der Waals surface area contributed by atoms with Gasteiger partial charge in [-0.3, -0.25) is 0 Å². The van der Waals surface area contributed by atoms with Crippen molar-refractivity contribution in [2.24, 2.45) is 11.3 Å². The number of aromatic amines is 1. The number of benzene rings is 2. The van der Waals surface area contributed by atoms with Gasteiger partial charge in [-0.05, 0) is 77.1 Å². The molecular weight excluding hydrogens is 342 g/mol. The van der Waals surface area contributed by atoms with E-state index in [1.165, 1.54) is 34.3 Å². The van der Waals surface area contributed by atoms with Crippen molar-refractivity contribution in [2.45, 2.75) is 40.0 Å². The Balaban J connectivity index is 1.81. The molecule has 2 heteroatoms. The normalized spacial score (nSPS) is 20.8. The van der Waals surface area contributed by atoms with E-state index in [9.17, 15) is 5.11 Å². The van der Waals surface area contributed by atoms with Gasteiger partial charge in [-0.25, -0.2) is 0 Å². The minimum absolute atomic E-state index is 0.313. The molecule has 4 rings (SSSR count). The second-order valence-electron chi connectivity index (χ2n) is 9.04. The van der Waals surface area contributed by atoms with E-state index in [-0.39, 0.29) is 0 Å². The highest BCUT2D eigenvalue weighted by Crippen LogP contribution is 2.45. The van der Waals surface area contributed by atoms with Crippen molar-refractivity contribution in [3.8, 4) is 17.0 Å². The third-order valence-electron chi connectivity index (χ3n) is 5.78. The highest BCUT2D eigenvalue weighted by atomic mass is 16.3. The lowest BCUT2D eigenvalue weighted by molar-refractivity contribution is 0.235. The first-order valence-corrected chi connectivity index (χ1v) is 10.2. The number of aromatic hydroxyl groups is 1. The Labute approximate surface area is 168 Å². The van der Waals surface area contributed by atoms with E-state index in [0.29, 0.717) is 17.1 Å². The van der Waals surface area contributed by atoms with Crippen LogP contribution in [0.1, 0.15) is 51.2 Å². The van der Waals surface area contributed by atoms with E-state index in [1.54, 1.807) is 12.1 Å². The third kappa shape index (κ3) is 3.91. The van der Waals surface area contributed by atoms with Gasteiger partial charge in [0.15, 0.2) is 0 Å². The lowest BCUT2D eigenvalue weighted by Crippen LogP contribution is -2.23. The number of phenols is 1. The fourth-order valence-electron chi connectivity index (χ4n) is 4.88. The van der Waals surface area contributed by atoms with E-state index in [1.807, 2.05) is 24.4 Å². The lowest BCUT2D eigenvalue weighted by atomic mass is 9.68. The van der Waals surface area contributed by atoms with Crippen molar-refractivity contribution in [3.63, 3.8) is 0 Å². The molecule has 0 aliphatic heterocycles. The molecule has 1 aliphatic rings. The zero-order valence-corrected chi connectivity index (χ0v) is 17.0. The van der Waals surface area contributed by atoms with Gasteiger partial charge in [0.1, 0.15) is 5.75 Å². The monoisotopic (exact) mass is 371 g/mol. The molecule has 1 fully saturated rings. The summed E-state index contributed by atoms with van der Waals surface area (Å²) >= 11 is 0. The van der Waals surface area contributed by atoms with E-state index in [2.05, 4.69) is 56.1 Å². The number of H-pyrrole nitrogens is 1. The summed E-state index contributed by atoms with van der Waals surface area (Å²) < 4.78 is 0. The molecule has 1 unspecified atom stereocenters. The smallest absolute Gasteiger partial charge is 0.115 e. The molecule has 2 nitrogen and oxygen atoms in total. The van der Waals surface area contributed by atoms with Gasteiger partial charge in [-0.2, -0.15) is 0 Å². The highest BCUT2D eigenvalue weighted by molar-refractivity contribution is 5.83. The van der Waals surface area contributed by atoms with Crippen LogP contribution in [0.15, 0.2) is 72.4 Å². The van der Waals surface area contributed by atoms with E-state index >= 15 is 0 Å². The van der Waals surface area contributed by atoms with E-state index in [4.69, 9.17) is 0 Å². The van der Waals surface area contributed by atoms with Crippen LogP contribution in [-0.2, 0) is 0 Å². The Morgan fingerprint density at radius 1 is 0.964 bits per heavy atom. The van der Waals surface area contributed by atoms with Gasteiger partial charge in [0, 0.05) is 11.9 Å². The number of aromatic nitrogens is 1. The van der Waals surface area contributed by atoms with E-state index in [0.717, 1.165) is 18.5 Å². The number of hydrogen-bond acceptors (Lipinski definition) is 1. The molecule has 1 aromatic heterocycles. The van der Waals surface area contributed by atoms with Crippen molar-refractivity contribution in [1.29, 1.82) is 0 Å². The van der Waals surface area contributed by atoms with Crippen molar-refractivity contribution >= 4 is 5.57 Å². The van der Waals surface area contributed by atoms with Crippen LogP contribution in [0.25, 0.3) is 16.8 Å². The van der Waals surface area contributed by atoms with Gasteiger partial charge < -0.3 is 10.1 Å². The molecule has 1 atom stereocenters. The molecule has 28 heavy (non-hydrogen) atoms. The van der Waals surface area contributed by atoms with Gasteiger partial charge in [0.25, 0.3) is 0 Å². The zero-order chi connectivity index (χ0) is 19.7. The first-order valence-electron chi connectivity index (χ1n) is 10.2. The molecule has 2 N–H and O–H groups in total. The van der Waals surface area contributed by atoms with Gasteiger partial charge in [0.2, 0.25) is 0 Å². The molecular formula is C26H29NO. The minimum Gasteiger partial charge on any atom is -0.508 e. The predicted molar refractivity (Wildman–Crippen MR) is 117 cm³/mol. The maximum Gasteiger partial charge on any atom is 0.115 e. The van der Waals surface area contributed by atoms with Crippen LogP contribution in [-0.4, -0.2) is 10.1 Å². The summed E-state index contributed by atoms with van der Waals surface area (Å²) in [6.07, 6.45) is 5.48. The van der Waals surface area contributed by atoms with Gasteiger partial charge in [0.05, 0.1) is 0 Å². The lowest BCUT2D eigenvalue weighted by Gasteiger charge is -2.37. The van der Waals surface area contributed by atoms with Crippen LogP contribution >= 0.6 is 0 Å². The van der Waals surface area contributed by atoms with Crippen LogP contribution in [0.3, 0.4) is 0 Å². The largest absolute Gasteiger partial charge is 0.508 e. The Morgan fingerprint density at radius 2 is 1.61 bits per heavy atom. The standard InChI is InChI=1S/C26H29NO/c1-18-15-22(17-26(2,3)16-18)25(21-10-12-23(28)13-11-21)20-8-6-19(7-9-20)24-5-4-14-27-24/h4-14,18,27-28H,15-17H2,1-3H3/b25-22-. The number of nitrogens with one attached hydrogen (secondary N) is 1. The molecule has 2 aromatic carbocycles. The Bertz CT molecular complexity index is 960. The quantitative estimate of drug-likeness (QED) is 0.509. The summed E-state index contributed by atoms with van der Waals surface area (Å²) in [4.78, 5) is 3.28. The van der Waals surface area contributed by atoms with Gasteiger partial charge >= 0.3 is 0 Å². The Kier molecular flexibility index (Phi) is 4.89. The van der Waals surface area contributed by atoms with Crippen LogP contribution < -0.4 is 0 Å². The zero-order valence-electron chi connectivity index (χ0n) is 17.0. The summed E-state index contributed by atoms with van der Waals surface area (Å²) in [5.74, 6) is 0.997. The van der Waals surface area contributed by atoms with Crippen LogP contribution in [0, 0.1) is 11.3 Å². The Morgan fingerprint density at radius 3 is 2.18 bits per heavy atom. The highest BCUT2D eigenvalue weighted by Gasteiger charge is 2.30. The molecule has 0 radical (unpaired) electrons. The maximum absolute atomic E-state index is 9.77. The summed E-state index contributed by atoms with van der Waals surface area (Å²) in [5.41, 5.74) is 7.95. The molecule has 0 saturated heterocycles. The minimum atomic E-state index is 0.313. The summed E-state index contributed by atoms with van der Waals surface area (Å²) in [7, 11) is 0. The van der Waals surface area contributed by atoms with Crippen LogP contribution in [0.5, 0.6) is 5.75 Å². The van der Waals surface area contributed by atoms with E-state index < -0.39 is 0 Å². The van der Waals surface area contributed by atoms with Crippen LogP contribution in [0.2, 0.25) is 0 Å². The average Bonchev–Trinajstić information content (AvgIpc) is 3.17.